The number of rotatable bonds is 2. The van der Waals surface area contributed by atoms with E-state index in [0.717, 1.165) is 26.2 Å². The molecule has 1 fully saturated rings. The predicted molar refractivity (Wildman–Crippen MR) is 60.0 cm³/mol. The summed E-state index contributed by atoms with van der Waals surface area (Å²) >= 11 is 0. The molecule has 1 saturated heterocycles. The van der Waals surface area contributed by atoms with Crippen LogP contribution in [0.4, 0.5) is 0 Å². The summed E-state index contributed by atoms with van der Waals surface area (Å²) in [5, 5.41) is 8.90. The summed E-state index contributed by atoms with van der Waals surface area (Å²) in [4.78, 5) is 15.3. The maximum Gasteiger partial charge on any atom is 0.320 e. The van der Waals surface area contributed by atoms with Gasteiger partial charge in [-0.05, 0) is 27.7 Å². The van der Waals surface area contributed by atoms with Gasteiger partial charge in [0.2, 0.25) is 0 Å². The van der Waals surface area contributed by atoms with Crippen LogP contribution in [-0.2, 0) is 4.79 Å². The maximum absolute atomic E-state index is 10.8. The van der Waals surface area contributed by atoms with Gasteiger partial charge in [0.15, 0.2) is 0 Å². The molecule has 1 rings (SSSR count). The van der Waals surface area contributed by atoms with Crippen molar-refractivity contribution in [3.63, 3.8) is 0 Å². The smallest absolute Gasteiger partial charge is 0.320 e. The van der Waals surface area contributed by atoms with Crippen LogP contribution in [0.5, 0.6) is 0 Å². The summed E-state index contributed by atoms with van der Waals surface area (Å²) in [6, 6.07) is -0.355. The maximum atomic E-state index is 10.8. The molecule has 4 nitrogen and oxygen atoms in total. The highest BCUT2D eigenvalue weighted by molar-refractivity contribution is 5.72. The molecule has 0 aromatic rings. The molecule has 1 aliphatic heterocycles. The molecule has 15 heavy (non-hydrogen) atoms. The molecule has 0 spiro atoms. The van der Waals surface area contributed by atoms with Crippen molar-refractivity contribution in [2.24, 2.45) is 0 Å². The van der Waals surface area contributed by atoms with E-state index in [0.29, 0.717) is 0 Å². The molecular formula is C11H22N2O2. The number of nitrogens with zero attached hydrogens (tertiary/aromatic N) is 2. The second kappa shape index (κ2) is 4.49. The zero-order chi connectivity index (χ0) is 11.6. The summed E-state index contributed by atoms with van der Waals surface area (Å²) in [6.45, 7) is 12.0. The molecular weight excluding hydrogens is 192 g/mol. The number of carboxylic acid groups (broad SMARTS) is 1. The highest BCUT2D eigenvalue weighted by Gasteiger charge is 2.29. The van der Waals surface area contributed by atoms with Gasteiger partial charge in [0.05, 0.1) is 0 Å². The molecule has 1 N–H and O–H groups in total. The summed E-state index contributed by atoms with van der Waals surface area (Å²) in [5.74, 6) is -0.723. The van der Waals surface area contributed by atoms with Gasteiger partial charge in [0.1, 0.15) is 6.04 Å². The fraction of sp³-hybridized carbons (Fsp3) is 0.909. The molecule has 0 radical (unpaired) electrons. The zero-order valence-corrected chi connectivity index (χ0v) is 10.2. The van der Waals surface area contributed by atoms with E-state index in [-0.39, 0.29) is 11.6 Å². The average Bonchev–Trinajstić information content (AvgIpc) is 2.15. The van der Waals surface area contributed by atoms with Crippen LogP contribution in [0.1, 0.15) is 27.7 Å². The number of hydrogen-bond acceptors (Lipinski definition) is 3. The van der Waals surface area contributed by atoms with Gasteiger partial charge in [-0.1, -0.05) is 0 Å². The minimum atomic E-state index is -0.723. The Labute approximate surface area is 91.9 Å². The lowest BCUT2D eigenvalue weighted by Gasteiger charge is -2.43. The lowest BCUT2D eigenvalue weighted by molar-refractivity contribution is -0.143. The summed E-state index contributed by atoms with van der Waals surface area (Å²) in [7, 11) is 0. The van der Waals surface area contributed by atoms with Crippen LogP contribution in [0.3, 0.4) is 0 Å². The fourth-order valence-corrected chi connectivity index (χ4v) is 1.94. The lowest BCUT2D eigenvalue weighted by atomic mass is 10.0. The second-order valence-corrected chi connectivity index (χ2v) is 5.21. The second-order valence-electron chi connectivity index (χ2n) is 5.21. The normalized spacial score (nSPS) is 22.7. The standard InChI is InChI=1S/C11H22N2O2/c1-9(10(14)15)12-5-7-13(8-6-12)11(2,3)4/h9H,5-8H2,1-4H3,(H,14,15). The van der Waals surface area contributed by atoms with Gasteiger partial charge < -0.3 is 5.11 Å². The van der Waals surface area contributed by atoms with Crippen LogP contribution in [0.25, 0.3) is 0 Å². The van der Waals surface area contributed by atoms with Crippen LogP contribution in [0.2, 0.25) is 0 Å². The van der Waals surface area contributed by atoms with E-state index in [1.807, 2.05) is 4.90 Å². The molecule has 1 unspecified atom stereocenters. The van der Waals surface area contributed by atoms with E-state index in [2.05, 4.69) is 25.7 Å². The van der Waals surface area contributed by atoms with Gasteiger partial charge in [-0.3, -0.25) is 14.6 Å². The predicted octanol–water partition coefficient (Wildman–Crippen LogP) is 0.876. The summed E-state index contributed by atoms with van der Waals surface area (Å²) < 4.78 is 0. The minimum Gasteiger partial charge on any atom is -0.480 e. The van der Waals surface area contributed by atoms with Gasteiger partial charge in [-0.25, -0.2) is 0 Å². The Kier molecular flexibility index (Phi) is 3.73. The van der Waals surface area contributed by atoms with Crippen molar-refractivity contribution in [1.29, 1.82) is 0 Å². The Hall–Kier alpha value is -0.610. The number of piperazine rings is 1. The quantitative estimate of drug-likeness (QED) is 0.741. The van der Waals surface area contributed by atoms with E-state index in [4.69, 9.17) is 5.11 Å². The fourth-order valence-electron chi connectivity index (χ4n) is 1.94. The number of aliphatic carboxylic acids is 1. The Morgan fingerprint density at radius 2 is 1.67 bits per heavy atom. The van der Waals surface area contributed by atoms with Crippen LogP contribution in [0, 0.1) is 0 Å². The van der Waals surface area contributed by atoms with Crippen LogP contribution in [0.15, 0.2) is 0 Å². The molecule has 0 bridgehead atoms. The molecule has 0 saturated carbocycles. The van der Waals surface area contributed by atoms with E-state index in [1.165, 1.54) is 0 Å². The number of carboxylic acids is 1. The van der Waals surface area contributed by atoms with E-state index in [1.54, 1.807) is 6.92 Å². The van der Waals surface area contributed by atoms with E-state index < -0.39 is 5.97 Å². The first kappa shape index (κ1) is 12.5. The molecule has 0 aromatic heterocycles. The van der Waals surface area contributed by atoms with Gasteiger partial charge in [0, 0.05) is 31.7 Å². The highest BCUT2D eigenvalue weighted by Crippen LogP contribution is 2.16. The number of hydrogen-bond donors (Lipinski definition) is 1. The molecule has 0 amide bonds. The highest BCUT2D eigenvalue weighted by atomic mass is 16.4. The van der Waals surface area contributed by atoms with Crippen LogP contribution in [-0.4, -0.2) is 58.6 Å². The third-order valence-electron chi connectivity index (χ3n) is 3.17. The van der Waals surface area contributed by atoms with Gasteiger partial charge in [0.25, 0.3) is 0 Å². The third-order valence-corrected chi connectivity index (χ3v) is 3.17. The minimum absolute atomic E-state index is 0.193. The third kappa shape index (κ3) is 3.18. The summed E-state index contributed by atoms with van der Waals surface area (Å²) in [6.07, 6.45) is 0. The van der Waals surface area contributed by atoms with E-state index >= 15 is 0 Å². The average molecular weight is 214 g/mol. The van der Waals surface area contributed by atoms with Crippen LogP contribution < -0.4 is 0 Å². The molecule has 0 aliphatic carbocycles. The molecule has 1 heterocycles. The van der Waals surface area contributed by atoms with Crippen molar-refractivity contribution in [2.45, 2.75) is 39.3 Å². The van der Waals surface area contributed by atoms with E-state index in [9.17, 15) is 4.79 Å². The van der Waals surface area contributed by atoms with Crippen LogP contribution >= 0.6 is 0 Å². The van der Waals surface area contributed by atoms with Gasteiger partial charge >= 0.3 is 5.97 Å². The van der Waals surface area contributed by atoms with Crippen molar-refractivity contribution in [2.75, 3.05) is 26.2 Å². The topological polar surface area (TPSA) is 43.8 Å². The molecule has 88 valence electrons. The first-order valence-electron chi connectivity index (χ1n) is 5.54. The lowest BCUT2D eigenvalue weighted by Crippen LogP contribution is -2.56. The molecule has 4 heteroatoms. The van der Waals surface area contributed by atoms with Crippen molar-refractivity contribution in [1.82, 2.24) is 9.80 Å². The van der Waals surface area contributed by atoms with Gasteiger partial charge in [-0.15, -0.1) is 0 Å². The van der Waals surface area contributed by atoms with Gasteiger partial charge in [-0.2, -0.15) is 0 Å². The first-order chi connectivity index (χ1) is 6.82. The molecule has 1 aliphatic rings. The Morgan fingerprint density at radius 3 is 2.00 bits per heavy atom. The van der Waals surface area contributed by atoms with Crippen molar-refractivity contribution >= 4 is 5.97 Å². The first-order valence-corrected chi connectivity index (χ1v) is 5.54. The van der Waals surface area contributed by atoms with Crippen molar-refractivity contribution < 1.29 is 9.90 Å². The summed E-state index contributed by atoms with van der Waals surface area (Å²) in [5.41, 5.74) is 0.193. The Morgan fingerprint density at radius 1 is 1.20 bits per heavy atom. The van der Waals surface area contributed by atoms with Crippen molar-refractivity contribution in [3.05, 3.63) is 0 Å². The zero-order valence-electron chi connectivity index (χ0n) is 10.2. The molecule has 1 atom stereocenters. The largest absolute Gasteiger partial charge is 0.480 e. The van der Waals surface area contributed by atoms with Crippen molar-refractivity contribution in [3.8, 4) is 0 Å². The SMILES string of the molecule is CC(C(=O)O)N1CCN(C(C)(C)C)CC1. The monoisotopic (exact) mass is 214 g/mol. The number of carbonyl (C=O) groups is 1. The Bertz CT molecular complexity index is 227. The molecule has 0 aromatic carbocycles. The Balaban J connectivity index is 2.46.